The molecule has 1 aromatic heterocycles. The Morgan fingerprint density at radius 1 is 1.38 bits per heavy atom. The topological polar surface area (TPSA) is 54.7 Å². The van der Waals surface area contributed by atoms with Crippen molar-refractivity contribution in [1.29, 1.82) is 0 Å². The van der Waals surface area contributed by atoms with E-state index in [1.165, 1.54) is 6.07 Å². The van der Waals surface area contributed by atoms with Gasteiger partial charge in [-0.3, -0.25) is 5.10 Å². The summed E-state index contributed by atoms with van der Waals surface area (Å²) < 4.78 is 13.8. The van der Waals surface area contributed by atoms with Crippen molar-refractivity contribution >= 4 is 17.6 Å². The number of nitrogen functional groups attached to an aromatic ring is 1. The number of hydrogen-bond acceptors (Lipinski definition) is 3. The minimum absolute atomic E-state index is 0.265. The summed E-state index contributed by atoms with van der Waals surface area (Å²) in [4.78, 5) is 1.05. The largest absolute Gasteiger partial charge is 0.382 e. The molecule has 16 heavy (non-hydrogen) atoms. The normalized spacial score (nSPS) is 10.7. The molecule has 84 valence electrons. The number of benzene rings is 1. The molecular formula is C11H12FN3S. The molecule has 1 aromatic carbocycles. The fourth-order valence-corrected chi connectivity index (χ4v) is 2.17. The average Bonchev–Trinajstić information content (AvgIpc) is 2.65. The van der Waals surface area contributed by atoms with Crippen LogP contribution in [0.15, 0.2) is 23.1 Å². The van der Waals surface area contributed by atoms with Crippen molar-refractivity contribution in [3.05, 3.63) is 29.6 Å². The van der Waals surface area contributed by atoms with E-state index in [1.807, 2.05) is 19.2 Å². The Balaban J connectivity index is 2.56. The van der Waals surface area contributed by atoms with Gasteiger partial charge in [-0.1, -0.05) is 0 Å². The molecule has 0 bridgehead atoms. The molecular weight excluding hydrogens is 225 g/mol. The molecule has 2 aromatic rings. The van der Waals surface area contributed by atoms with Crippen LogP contribution in [-0.4, -0.2) is 16.5 Å². The van der Waals surface area contributed by atoms with E-state index >= 15 is 0 Å². The third-order valence-corrected chi connectivity index (χ3v) is 3.25. The van der Waals surface area contributed by atoms with Crippen LogP contribution in [0.2, 0.25) is 0 Å². The highest BCUT2D eigenvalue weighted by molar-refractivity contribution is 7.98. The van der Waals surface area contributed by atoms with Gasteiger partial charge in [-0.2, -0.15) is 5.10 Å². The lowest BCUT2D eigenvalue weighted by Gasteiger charge is -2.06. The number of aromatic nitrogens is 2. The van der Waals surface area contributed by atoms with Gasteiger partial charge >= 0.3 is 0 Å². The molecule has 0 aliphatic rings. The van der Waals surface area contributed by atoms with Gasteiger partial charge in [0.15, 0.2) is 0 Å². The van der Waals surface area contributed by atoms with E-state index in [1.54, 1.807) is 17.8 Å². The molecule has 0 spiro atoms. The molecule has 0 aliphatic carbocycles. The van der Waals surface area contributed by atoms with Crippen LogP contribution in [-0.2, 0) is 0 Å². The third-order valence-electron chi connectivity index (χ3n) is 2.37. The predicted molar refractivity (Wildman–Crippen MR) is 64.9 cm³/mol. The SMILES string of the molecule is CSc1cc(-c2cc(N)n[nH]2)c(F)cc1C. The first-order valence-electron chi connectivity index (χ1n) is 4.77. The smallest absolute Gasteiger partial charge is 0.145 e. The Morgan fingerprint density at radius 3 is 2.69 bits per heavy atom. The van der Waals surface area contributed by atoms with Crippen molar-refractivity contribution in [2.75, 3.05) is 12.0 Å². The highest BCUT2D eigenvalue weighted by atomic mass is 32.2. The molecule has 1 heterocycles. The number of halogens is 1. The Bertz CT molecular complexity index is 522. The number of aryl methyl sites for hydroxylation is 1. The van der Waals surface area contributed by atoms with Crippen molar-refractivity contribution in [2.45, 2.75) is 11.8 Å². The average molecular weight is 237 g/mol. The van der Waals surface area contributed by atoms with E-state index < -0.39 is 0 Å². The van der Waals surface area contributed by atoms with Crippen LogP contribution >= 0.6 is 11.8 Å². The summed E-state index contributed by atoms with van der Waals surface area (Å²) in [7, 11) is 0. The number of nitrogens with zero attached hydrogens (tertiary/aromatic N) is 1. The van der Waals surface area contributed by atoms with Crippen molar-refractivity contribution < 1.29 is 4.39 Å². The maximum atomic E-state index is 13.8. The minimum Gasteiger partial charge on any atom is -0.382 e. The van der Waals surface area contributed by atoms with E-state index in [2.05, 4.69) is 10.2 Å². The van der Waals surface area contributed by atoms with Gasteiger partial charge in [0.25, 0.3) is 0 Å². The van der Waals surface area contributed by atoms with Crippen molar-refractivity contribution in [1.82, 2.24) is 10.2 Å². The lowest BCUT2D eigenvalue weighted by molar-refractivity contribution is 0.628. The van der Waals surface area contributed by atoms with Crippen molar-refractivity contribution in [2.24, 2.45) is 0 Å². The number of hydrogen-bond donors (Lipinski definition) is 2. The van der Waals surface area contributed by atoms with Crippen LogP contribution in [0, 0.1) is 12.7 Å². The highest BCUT2D eigenvalue weighted by Gasteiger charge is 2.10. The zero-order valence-electron chi connectivity index (χ0n) is 9.04. The standard InChI is InChI=1S/C11H12FN3S/c1-6-3-8(12)7(4-10(6)16-2)9-5-11(13)15-14-9/h3-5H,1-2H3,(H3,13,14,15). The summed E-state index contributed by atoms with van der Waals surface area (Å²) in [6.45, 7) is 1.89. The summed E-state index contributed by atoms with van der Waals surface area (Å²) in [5, 5.41) is 6.50. The first kappa shape index (κ1) is 11.0. The molecule has 0 saturated heterocycles. The zero-order chi connectivity index (χ0) is 11.7. The summed E-state index contributed by atoms with van der Waals surface area (Å²) in [6.07, 6.45) is 1.96. The van der Waals surface area contributed by atoms with Crippen LogP contribution in [0.25, 0.3) is 11.3 Å². The van der Waals surface area contributed by atoms with Gasteiger partial charge in [-0.15, -0.1) is 11.8 Å². The number of nitrogens with one attached hydrogen (secondary N) is 1. The lowest BCUT2D eigenvalue weighted by Crippen LogP contribution is -1.89. The lowest BCUT2D eigenvalue weighted by atomic mass is 10.1. The summed E-state index contributed by atoms with van der Waals surface area (Å²) in [6, 6.07) is 4.96. The second-order valence-electron chi connectivity index (χ2n) is 3.51. The number of thioether (sulfide) groups is 1. The van der Waals surface area contributed by atoms with Crippen LogP contribution < -0.4 is 5.73 Å². The number of aromatic amines is 1. The maximum absolute atomic E-state index is 13.8. The summed E-state index contributed by atoms with van der Waals surface area (Å²) in [5.41, 5.74) is 7.53. The molecule has 0 atom stereocenters. The Labute approximate surface area is 97.2 Å². The maximum Gasteiger partial charge on any atom is 0.145 e. The summed E-state index contributed by atoms with van der Waals surface area (Å²) >= 11 is 1.59. The Kier molecular flexibility index (Phi) is 2.87. The molecule has 0 unspecified atom stereocenters. The predicted octanol–water partition coefficient (Wildman–Crippen LogP) is 2.83. The van der Waals surface area contributed by atoms with Gasteiger partial charge in [-0.05, 0) is 30.9 Å². The molecule has 0 aliphatic heterocycles. The third kappa shape index (κ3) is 1.90. The highest BCUT2D eigenvalue weighted by Crippen LogP contribution is 2.29. The van der Waals surface area contributed by atoms with Crippen LogP contribution in [0.5, 0.6) is 0 Å². The molecule has 5 heteroatoms. The van der Waals surface area contributed by atoms with Gasteiger partial charge in [0.1, 0.15) is 11.6 Å². The van der Waals surface area contributed by atoms with Crippen LogP contribution in [0.1, 0.15) is 5.56 Å². The number of rotatable bonds is 2. The molecule has 0 amide bonds. The van der Waals surface area contributed by atoms with Crippen LogP contribution in [0.3, 0.4) is 0 Å². The van der Waals surface area contributed by atoms with Gasteiger partial charge < -0.3 is 5.73 Å². The fraction of sp³-hybridized carbons (Fsp3) is 0.182. The van der Waals surface area contributed by atoms with Gasteiger partial charge in [-0.25, -0.2) is 4.39 Å². The molecule has 2 rings (SSSR count). The van der Waals surface area contributed by atoms with Gasteiger partial charge in [0.05, 0.1) is 5.69 Å². The molecule has 3 N–H and O–H groups in total. The number of anilines is 1. The number of nitrogens with two attached hydrogens (primary N) is 1. The van der Waals surface area contributed by atoms with E-state index in [0.29, 0.717) is 17.1 Å². The molecule has 0 fully saturated rings. The quantitative estimate of drug-likeness (QED) is 0.790. The van der Waals surface area contributed by atoms with Crippen molar-refractivity contribution in [3.63, 3.8) is 0 Å². The molecule has 0 radical (unpaired) electrons. The van der Waals surface area contributed by atoms with Gasteiger partial charge in [0.2, 0.25) is 0 Å². The van der Waals surface area contributed by atoms with E-state index in [0.717, 1.165) is 10.5 Å². The zero-order valence-corrected chi connectivity index (χ0v) is 9.86. The first-order valence-corrected chi connectivity index (χ1v) is 5.99. The molecule has 3 nitrogen and oxygen atoms in total. The van der Waals surface area contributed by atoms with E-state index in [-0.39, 0.29) is 5.82 Å². The fourth-order valence-electron chi connectivity index (χ4n) is 1.55. The molecule has 0 saturated carbocycles. The number of H-pyrrole nitrogens is 1. The van der Waals surface area contributed by atoms with Crippen molar-refractivity contribution in [3.8, 4) is 11.3 Å². The summed E-state index contributed by atoms with van der Waals surface area (Å²) in [5.74, 6) is 0.0969. The second-order valence-corrected chi connectivity index (χ2v) is 4.36. The second kappa shape index (κ2) is 4.17. The first-order chi connectivity index (χ1) is 7.61. The van der Waals surface area contributed by atoms with E-state index in [4.69, 9.17) is 5.73 Å². The van der Waals surface area contributed by atoms with Crippen LogP contribution in [0.4, 0.5) is 10.2 Å². The Morgan fingerprint density at radius 2 is 2.12 bits per heavy atom. The monoisotopic (exact) mass is 237 g/mol. The minimum atomic E-state index is -0.265. The Hall–Kier alpha value is -1.49. The van der Waals surface area contributed by atoms with Gasteiger partial charge in [0, 0.05) is 16.5 Å². The van der Waals surface area contributed by atoms with E-state index in [9.17, 15) is 4.39 Å².